The Hall–Kier alpha value is -1.20. The molecule has 1 aromatic heterocycles. The molecular weight excluding hydrogens is 256 g/mol. The van der Waals surface area contributed by atoms with Gasteiger partial charge in [0.25, 0.3) is 0 Å². The first kappa shape index (κ1) is 14.2. The number of thiocarbonyl (C=S) groups is 1. The molecule has 1 saturated heterocycles. The van der Waals surface area contributed by atoms with Crippen LogP contribution >= 0.6 is 12.2 Å². The van der Waals surface area contributed by atoms with Crippen LogP contribution in [0.2, 0.25) is 0 Å². The fourth-order valence-corrected chi connectivity index (χ4v) is 2.66. The number of aromatic nitrogens is 1. The summed E-state index contributed by atoms with van der Waals surface area (Å²) in [5.74, 6) is 1.65. The smallest absolute Gasteiger partial charge is 0.138 e. The molecule has 0 spiro atoms. The Morgan fingerprint density at radius 1 is 1.37 bits per heavy atom. The van der Waals surface area contributed by atoms with Gasteiger partial charge in [0.05, 0.1) is 5.56 Å². The predicted molar refractivity (Wildman–Crippen MR) is 83.6 cm³/mol. The molecule has 1 aliphatic rings. The lowest BCUT2D eigenvalue weighted by Gasteiger charge is -2.36. The van der Waals surface area contributed by atoms with Gasteiger partial charge in [-0.15, -0.1) is 0 Å². The third kappa shape index (κ3) is 3.64. The van der Waals surface area contributed by atoms with Crippen LogP contribution < -0.4 is 10.6 Å². The van der Waals surface area contributed by atoms with Crippen LogP contribution in [0.1, 0.15) is 19.4 Å². The molecule has 5 heteroatoms. The molecule has 104 valence electrons. The molecule has 2 rings (SSSR count). The van der Waals surface area contributed by atoms with Crippen molar-refractivity contribution in [3.8, 4) is 0 Å². The van der Waals surface area contributed by atoms with Crippen LogP contribution in [0.15, 0.2) is 18.3 Å². The highest BCUT2D eigenvalue weighted by atomic mass is 32.1. The van der Waals surface area contributed by atoms with Crippen LogP contribution in [-0.2, 0) is 0 Å². The SMILES string of the molecule is CC(C)CN1CCN(c2ncccc2C(N)=S)CC1. The van der Waals surface area contributed by atoms with Crippen molar-refractivity contribution < 1.29 is 0 Å². The Morgan fingerprint density at radius 3 is 2.63 bits per heavy atom. The third-order valence-electron chi connectivity index (χ3n) is 3.35. The van der Waals surface area contributed by atoms with E-state index in [0.717, 1.165) is 44.1 Å². The molecule has 0 atom stereocenters. The molecule has 1 aliphatic heterocycles. The van der Waals surface area contributed by atoms with Gasteiger partial charge in [-0.2, -0.15) is 0 Å². The zero-order valence-corrected chi connectivity index (χ0v) is 12.5. The molecular formula is C14H22N4S. The molecule has 0 aliphatic carbocycles. The highest BCUT2D eigenvalue weighted by Crippen LogP contribution is 2.19. The van der Waals surface area contributed by atoms with Gasteiger partial charge < -0.3 is 10.6 Å². The molecule has 0 amide bonds. The number of nitrogens with two attached hydrogens (primary N) is 1. The quantitative estimate of drug-likeness (QED) is 0.846. The van der Waals surface area contributed by atoms with Crippen LogP contribution in [0, 0.1) is 5.92 Å². The Kier molecular flexibility index (Phi) is 4.71. The third-order valence-corrected chi connectivity index (χ3v) is 3.57. The van der Waals surface area contributed by atoms with E-state index in [0.29, 0.717) is 10.9 Å². The fourth-order valence-electron chi connectivity index (χ4n) is 2.50. The zero-order valence-electron chi connectivity index (χ0n) is 11.7. The van der Waals surface area contributed by atoms with E-state index >= 15 is 0 Å². The van der Waals surface area contributed by atoms with Gasteiger partial charge in [0.2, 0.25) is 0 Å². The number of rotatable bonds is 4. The molecule has 19 heavy (non-hydrogen) atoms. The van der Waals surface area contributed by atoms with Gasteiger partial charge in [-0.05, 0) is 18.1 Å². The highest BCUT2D eigenvalue weighted by Gasteiger charge is 2.20. The van der Waals surface area contributed by atoms with Crippen molar-refractivity contribution in [1.82, 2.24) is 9.88 Å². The number of hydrogen-bond acceptors (Lipinski definition) is 4. The Labute approximate surface area is 120 Å². The van der Waals surface area contributed by atoms with Gasteiger partial charge in [-0.25, -0.2) is 4.98 Å². The van der Waals surface area contributed by atoms with Gasteiger partial charge in [-0.1, -0.05) is 26.1 Å². The van der Waals surface area contributed by atoms with Crippen LogP contribution in [0.25, 0.3) is 0 Å². The monoisotopic (exact) mass is 278 g/mol. The van der Waals surface area contributed by atoms with E-state index < -0.39 is 0 Å². The van der Waals surface area contributed by atoms with Gasteiger partial charge >= 0.3 is 0 Å². The first-order valence-electron chi connectivity index (χ1n) is 6.80. The summed E-state index contributed by atoms with van der Waals surface area (Å²) >= 11 is 5.10. The van der Waals surface area contributed by atoms with Crippen LogP contribution in [-0.4, -0.2) is 47.6 Å². The van der Waals surface area contributed by atoms with E-state index in [1.807, 2.05) is 12.1 Å². The van der Waals surface area contributed by atoms with Crippen molar-refractivity contribution in [1.29, 1.82) is 0 Å². The highest BCUT2D eigenvalue weighted by molar-refractivity contribution is 7.80. The second-order valence-electron chi connectivity index (χ2n) is 5.42. The lowest BCUT2D eigenvalue weighted by Crippen LogP contribution is -2.48. The van der Waals surface area contributed by atoms with Crippen molar-refractivity contribution in [3.05, 3.63) is 23.9 Å². The maximum atomic E-state index is 5.77. The Bertz CT molecular complexity index is 439. The van der Waals surface area contributed by atoms with Gasteiger partial charge in [-0.3, -0.25) is 4.90 Å². The maximum absolute atomic E-state index is 5.77. The standard InChI is InChI=1S/C14H22N4S/c1-11(2)10-17-6-8-18(9-7-17)14-12(13(15)19)4-3-5-16-14/h3-5,11H,6-10H2,1-2H3,(H2,15,19). The number of anilines is 1. The normalized spacial score (nSPS) is 16.9. The van der Waals surface area contributed by atoms with Gasteiger partial charge in [0, 0.05) is 38.9 Å². The van der Waals surface area contributed by atoms with E-state index in [9.17, 15) is 0 Å². The number of nitrogens with zero attached hydrogens (tertiary/aromatic N) is 3. The van der Waals surface area contributed by atoms with Crippen LogP contribution in [0.4, 0.5) is 5.82 Å². The first-order chi connectivity index (χ1) is 9.08. The molecule has 1 aromatic rings. The van der Waals surface area contributed by atoms with Crippen molar-refractivity contribution >= 4 is 23.0 Å². The molecule has 2 N–H and O–H groups in total. The molecule has 0 aromatic carbocycles. The molecule has 2 heterocycles. The average Bonchev–Trinajstić information content (AvgIpc) is 2.39. The van der Waals surface area contributed by atoms with Crippen molar-refractivity contribution in [2.75, 3.05) is 37.6 Å². The second kappa shape index (κ2) is 6.30. The van der Waals surface area contributed by atoms with Gasteiger partial charge in [0.15, 0.2) is 0 Å². The van der Waals surface area contributed by atoms with Crippen molar-refractivity contribution in [2.24, 2.45) is 11.7 Å². The Balaban J connectivity index is 2.04. The number of piperazine rings is 1. The summed E-state index contributed by atoms with van der Waals surface area (Å²) in [5, 5.41) is 0. The second-order valence-corrected chi connectivity index (χ2v) is 5.86. The summed E-state index contributed by atoms with van der Waals surface area (Å²) in [6.45, 7) is 9.81. The lowest BCUT2D eigenvalue weighted by molar-refractivity contribution is 0.231. The summed E-state index contributed by atoms with van der Waals surface area (Å²) in [4.78, 5) is 9.66. The van der Waals surface area contributed by atoms with Crippen LogP contribution in [0.3, 0.4) is 0 Å². The van der Waals surface area contributed by atoms with Crippen LogP contribution in [0.5, 0.6) is 0 Å². The van der Waals surface area contributed by atoms with E-state index in [2.05, 4.69) is 28.6 Å². The fraction of sp³-hybridized carbons (Fsp3) is 0.571. The molecule has 1 fully saturated rings. The van der Waals surface area contributed by atoms with E-state index in [1.54, 1.807) is 6.20 Å². The largest absolute Gasteiger partial charge is 0.389 e. The number of hydrogen-bond donors (Lipinski definition) is 1. The summed E-state index contributed by atoms with van der Waals surface area (Å²) in [7, 11) is 0. The number of pyridine rings is 1. The minimum Gasteiger partial charge on any atom is -0.389 e. The minimum atomic E-state index is 0.424. The lowest BCUT2D eigenvalue weighted by atomic mass is 10.1. The van der Waals surface area contributed by atoms with E-state index in [4.69, 9.17) is 18.0 Å². The summed E-state index contributed by atoms with van der Waals surface area (Å²) in [5.41, 5.74) is 6.65. The Morgan fingerprint density at radius 2 is 2.05 bits per heavy atom. The molecule has 0 unspecified atom stereocenters. The average molecular weight is 278 g/mol. The van der Waals surface area contributed by atoms with E-state index in [-0.39, 0.29) is 0 Å². The molecule has 0 radical (unpaired) electrons. The van der Waals surface area contributed by atoms with Crippen molar-refractivity contribution in [3.63, 3.8) is 0 Å². The topological polar surface area (TPSA) is 45.4 Å². The molecule has 0 saturated carbocycles. The minimum absolute atomic E-state index is 0.424. The molecule has 4 nitrogen and oxygen atoms in total. The maximum Gasteiger partial charge on any atom is 0.138 e. The first-order valence-corrected chi connectivity index (χ1v) is 7.21. The van der Waals surface area contributed by atoms with E-state index in [1.165, 1.54) is 0 Å². The predicted octanol–water partition coefficient (Wildman–Crippen LogP) is 1.49. The summed E-state index contributed by atoms with van der Waals surface area (Å²) in [6.07, 6.45) is 1.80. The van der Waals surface area contributed by atoms with Crippen molar-refractivity contribution in [2.45, 2.75) is 13.8 Å². The molecule has 0 bridgehead atoms. The zero-order chi connectivity index (χ0) is 13.8. The summed E-state index contributed by atoms with van der Waals surface area (Å²) in [6, 6.07) is 3.83. The summed E-state index contributed by atoms with van der Waals surface area (Å²) < 4.78 is 0. The van der Waals surface area contributed by atoms with Gasteiger partial charge in [0.1, 0.15) is 10.8 Å².